The van der Waals surface area contributed by atoms with Gasteiger partial charge in [0.1, 0.15) is 0 Å². The first kappa shape index (κ1) is 17.3. The number of carbonyl (C=O) groups is 1. The monoisotopic (exact) mass is 352 g/mol. The maximum atomic E-state index is 12.9. The van der Waals surface area contributed by atoms with Crippen LogP contribution in [0.2, 0.25) is 0 Å². The minimum Gasteiger partial charge on any atom is -0.377 e. The summed E-state index contributed by atoms with van der Waals surface area (Å²) in [5.41, 5.74) is 5.44. The van der Waals surface area contributed by atoms with E-state index in [0.29, 0.717) is 6.04 Å². The van der Waals surface area contributed by atoms with Gasteiger partial charge in [-0.1, -0.05) is 6.07 Å². The van der Waals surface area contributed by atoms with E-state index in [9.17, 15) is 4.79 Å². The number of piperazine rings is 1. The highest BCUT2D eigenvalue weighted by Crippen LogP contribution is 2.37. The van der Waals surface area contributed by atoms with Crippen molar-refractivity contribution in [2.45, 2.75) is 32.7 Å². The van der Waals surface area contributed by atoms with Crippen molar-refractivity contribution in [1.82, 2.24) is 14.7 Å². The molecule has 26 heavy (non-hydrogen) atoms. The van der Waals surface area contributed by atoms with Gasteiger partial charge in [-0.2, -0.15) is 0 Å². The number of benzene rings is 1. The third-order valence-electron chi connectivity index (χ3n) is 5.88. The van der Waals surface area contributed by atoms with E-state index < -0.39 is 0 Å². The predicted molar refractivity (Wildman–Crippen MR) is 106 cm³/mol. The average Bonchev–Trinajstić information content (AvgIpc) is 3.26. The zero-order valence-electron chi connectivity index (χ0n) is 16.0. The highest BCUT2D eigenvalue weighted by atomic mass is 16.2. The predicted octanol–water partition coefficient (Wildman–Crippen LogP) is 3.01. The van der Waals surface area contributed by atoms with Gasteiger partial charge in [0.15, 0.2) is 0 Å². The molecule has 3 heterocycles. The Labute approximate surface area is 156 Å². The second kappa shape index (κ2) is 6.88. The van der Waals surface area contributed by atoms with Gasteiger partial charge in [-0.05, 0) is 38.8 Å². The van der Waals surface area contributed by atoms with Crippen LogP contribution in [0.4, 0.5) is 5.69 Å². The molecular formula is C21H28N4O. The minimum absolute atomic E-state index is 0.130. The maximum absolute atomic E-state index is 12.9. The molecule has 4 rings (SSSR count). The van der Waals surface area contributed by atoms with Crippen molar-refractivity contribution in [3.05, 3.63) is 35.0 Å². The lowest BCUT2D eigenvalue weighted by molar-refractivity contribution is 0.0595. The summed E-state index contributed by atoms with van der Waals surface area (Å²) in [4.78, 5) is 24.2. The third kappa shape index (κ3) is 3.05. The molecule has 1 amide bonds. The molecule has 0 bridgehead atoms. The summed E-state index contributed by atoms with van der Waals surface area (Å²) in [6.45, 7) is 9.05. The Morgan fingerprint density at radius 2 is 1.88 bits per heavy atom. The quantitative estimate of drug-likeness (QED) is 0.821. The normalized spacial score (nSPS) is 23.2. The second-order valence-corrected chi connectivity index (χ2v) is 7.80. The molecule has 1 aromatic rings. The topological polar surface area (TPSA) is 39.1 Å². The molecule has 0 unspecified atom stereocenters. The number of nitrogens with zero attached hydrogens (tertiary/aromatic N) is 4. The molecule has 0 N–H and O–H groups in total. The van der Waals surface area contributed by atoms with Crippen molar-refractivity contribution in [2.24, 2.45) is 4.99 Å². The van der Waals surface area contributed by atoms with Crippen LogP contribution in [0, 0.1) is 0 Å². The minimum atomic E-state index is 0.130. The number of hydrogen-bond donors (Lipinski definition) is 0. The fourth-order valence-electron chi connectivity index (χ4n) is 4.21. The Morgan fingerprint density at radius 3 is 2.54 bits per heavy atom. The third-order valence-corrected chi connectivity index (χ3v) is 5.88. The molecule has 138 valence electrons. The van der Waals surface area contributed by atoms with Crippen LogP contribution in [0.25, 0.3) is 5.57 Å². The lowest BCUT2D eigenvalue weighted by atomic mass is 10.0. The van der Waals surface area contributed by atoms with Gasteiger partial charge in [0.2, 0.25) is 0 Å². The van der Waals surface area contributed by atoms with E-state index in [1.807, 2.05) is 23.2 Å². The molecule has 3 aliphatic heterocycles. The molecule has 2 fully saturated rings. The molecule has 0 spiro atoms. The summed E-state index contributed by atoms with van der Waals surface area (Å²) < 4.78 is 0. The molecule has 0 atom stereocenters. The Kier molecular flexibility index (Phi) is 4.57. The molecule has 0 aliphatic carbocycles. The number of hydrogen-bond acceptors (Lipinski definition) is 4. The highest BCUT2D eigenvalue weighted by molar-refractivity contribution is 6.17. The van der Waals surface area contributed by atoms with E-state index in [-0.39, 0.29) is 5.91 Å². The molecule has 0 aromatic heterocycles. The maximum Gasteiger partial charge on any atom is 0.254 e. The van der Waals surface area contributed by atoms with Gasteiger partial charge >= 0.3 is 0 Å². The summed E-state index contributed by atoms with van der Waals surface area (Å²) in [7, 11) is 2.15. The Balaban J connectivity index is 1.52. The van der Waals surface area contributed by atoms with Crippen LogP contribution in [-0.2, 0) is 0 Å². The lowest BCUT2D eigenvalue weighted by Crippen LogP contribution is -2.50. The van der Waals surface area contributed by atoms with Crippen LogP contribution in [0.1, 0.15) is 42.6 Å². The number of fused-ring (bicyclic) bond motifs is 1. The summed E-state index contributed by atoms with van der Waals surface area (Å²) in [5.74, 6) is 0.130. The van der Waals surface area contributed by atoms with Gasteiger partial charge in [0.05, 0.1) is 5.69 Å². The molecule has 2 saturated heterocycles. The van der Waals surface area contributed by atoms with Gasteiger partial charge < -0.3 is 9.80 Å². The van der Waals surface area contributed by atoms with Crippen LogP contribution in [0.15, 0.2) is 28.9 Å². The first-order valence-corrected chi connectivity index (χ1v) is 9.70. The van der Waals surface area contributed by atoms with E-state index in [0.717, 1.165) is 56.0 Å². The molecule has 1 aromatic carbocycles. The Hall–Kier alpha value is -2.14. The van der Waals surface area contributed by atoms with E-state index in [4.69, 9.17) is 0 Å². The van der Waals surface area contributed by atoms with Crippen LogP contribution in [0.5, 0.6) is 0 Å². The van der Waals surface area contributed by atoms with Crippen molar-refractivity contribution < 1.29 is 4.79 Å². The van der Waals surface area contributed by atoms with Crippen LogP contribution >= 0.6 is 0 Å². The van der Waals surface area contributed by atoms with Crippen molar-refractivity contribution >= 4 is 23.4 Å². The molecular weight excluding hydrogens is 324 g/mol. The fourth-order valence-corrected chi connectivity index (χ4v) is 4.21. The molecule has 0 radical (unpaired) electrons. The lowest BCUT2D eigenvalue weighted by Gasteiger charge is -2.37. The van der Waals surface area contributed by atoms with Crippen molar-refractivity contribution in [3.8, 4) is 0 Å². The van der Waals surface area contributed by atoms with Gasteiger partial charge in [-0.3, -0.25) is 14.7 Å². The Bertz CT molecular complexity index is 772. The standard InChI is InChI=1S/C21H28N4O/c1-15(2)24-9-11-25(12-10-24)21(26)16-6-7-17-18(14-22-19(17)13-16)20-5-4-8-23(20)3/h6-7,13-15H,4-5,8-12H2,1-3H3. The fraction of sp³-hybridized carbons (Fsp3) is 0.524. The number of aliphatic imine (C=N–C) groups is 1. The molecule has 5 heteroatoms. The highest BCUT2D eigenvalue weighted by Gasteiger charge is 2.26. The van der Waals surface area contributed by atoms with Crippen LogP contribution in [-0.4, -0.2) is 72.6 Å². The SMILES string of the molecule is CC(C)N1CCN(C(=O)c2ccc3c(c2)N=CC3=C2CCCN2C)CC1. The Morgan fingerprint density at radius 1 is 1.12 bits per heavy atom. The molecule has 3 aliphatic rings. The van der Waals surface area contributed by atoms with Crippen molar-refractivity contribution in [1.29, 1.82) is 0 Å². The summed E-state index contributed by atoms with van der Waals surface area (Å²) in [6, 6.07) is 6.56. The van der Waals surface area contributed by atoms with Crippen molar-refractivity contribution in [3.63, 3.8) is 0 Å². The van der Waals surface area contributed by atoms with Gasteiger partial charge in [0.25, 0.3) is 5.91 Å². The second-order valence-electron chi connectivity index (χ2n) is 7.80. The van der Waals surface area contributed by atoms with E-state index in [1.165, 1.54) is 17.7 Å². The van der Waals surface area contributed by atoms with Gasteiger partial charge in [-0.25, -0.2) is 0 Å². The number of rotatable bonds is 2. The largest absolute Gasteiger partial charge is 0.377 e. The summed E-state index contributed by atoms with van der Waals surface area (Å²) in [5, 5.41) is 0. The smallest absolute Gasteiger partial charge is 0.254 e. The molecule has 5 nitrogen and oxygen atoms in total. The number of allylic oxidation sites excluding steroid dienone is 2. The van der Waals surface area contributed by atoms with Crippen LogP contribution < -0.4 is 0 Å². The number of carbonyl (C=O) groups excluding carboxylic acids is 1. The van der Waals surface area contributed by atoms with E-state index >= 15 is 0 Å². The average molecular weight is 352 g/mol. The zero-order valence-corrected chi connectivity index (χ0v) is 16.0. The van der Waals surface area contributed by atoms with Gasteiger partial charge in [0, 0.05) is 74.4 Å². The first-order valence-electron chi connectivity index (χ1n) is 9.70. The first-order chi connectivity index (χ1) is 12.5. The number of likely N-dealkylation sites (tertiary alicyclic amines) is 1. The van der Waals surface area contributed by atoms with E-state index in [2.05, 4.69) is 41.8 Å². The van der Waals surface area contributed by atoms with Crippen molar-refractivity contribution in [2.75, 3.05) is 39.8 Å². The summed E-state index contributed by atoms with van der Waals surface area (Å²) >= 11 is 0. The van der Waals surface area contributed by atoms with E-state index in [1.54, 1.807) is 0 Å². The zero-order chi connectivity index (χ0) is 18.3. The summed E-state index contributed by atoms with van der Waals surface area (Å²) in [6.07, 6.45) is 4.28. The van der Waals surface area contributed by atoms with Crippen LogP contribution in [0.3, 0.4) is 0 Å². The number of amides is 1. The van der Waals surface area contributed by atoms with Gasteiger partial charge in [-0.15, -0.1) is 0 Å². The molecule has 0 saturated carbocycles.